The molecule has 1 rings (SSSR count). The molecule has 0 unspecified atom stereocenters. The van der Waals surface area contributed by atoms with Crippen LogP contribution in [0.4, 0.5) is 11.4 Å². The lowest BCUT2D eigenvalue weighted by Gasteiger charge is -2.07. The average molecular weight is 255 g/mol. The van der Waals surface area contributed by atoms with Crippen molar-refractivity contribution in [1.82, 2.24) is 0 Å². The minimum absolute atomic E-state index is 0.187. The fourth-order valence-corrected chi connectivity index (χ4v) is 1.62. The van der Waals surface area contributed by atoms with Gasteiger partial charge in [0, 0.05) is 12.1 Å². The zero-order valence-corrected chi connectivity index (χ0v) is 9.83. The molecule has 0 saturated heterocycles. The third-order valence-corrected chi connectivity index (χ3v) is 2.26. The molecule has 0 saturated carbocycles. The molecule has 0 aromatic heterocycles. The van der Waals surface area contributed by atoms with Crippen LogP contribution in [0, 0.1) is 0 Å². The molecule has 0 bridgehead atoms. The van der Waals surface area contributed by atoms with Crippen molar-refractivity contribution in [2.75, 3.05) is 10.0 Å². The summed E-state index contributed by atoms with van der Waals surface area (Å²) in [6.45, 7) is 3.44. The molecule has 0 radical (unpaired) electrons. The van der Waals surface area contributed by atoms with Crippen LogP contribution in [0.15, 0.2) is 36.9 Å². The minimum atomic E-state index is -3.81. The third kappa shape index (κ3) is 5.14. The Hall–Kier alpha value is -1.86. The maximum atomic E-state index is 11.3. The molecule has 17 heavy (non-hydrogen) atoms. The van der Waals surface area contributed by atoms with Crippen LogP contribution in [-0.4, -0.2) is 14.3 Å². The van der Waals surface area contributed by atoms with Crippen LogP contribution in [0.3, 0.4) is 0 Å². The Bertz CT molecular complexity index is 525. The number of nitrogens with two attached hydrogens (primary N) is 1. The van der Waals surface area contributed by atoms with Gasteiger partial charge in [0.2, 0.25) is 5.91 Å². The highest BCUT2D eigenvalue weighted by molar-refractivity contribution is 7.90. The van der Waals surface area contributed by atoms with E-state index >= 15 is 0 Å². The van der Waals surface area contributed by atoms with Crippen LogP contribution in [0.25, 0.3) is 0 Å². The number of nitrogens with one attached hydrogen (secondary N) is 2. The number of hydrogen-bond donors (Lipinski definition) is 3. The molecule has 0 spiro atoms. The van der Waals surface area contributed by atoms with Gasteiger partial charge in [-0.15, -0.1) is 6.58 Å². The van der Waals surface area contributed by atoms with E-state index in [-0.39, 0.29) is 18.0 Å². The van der Waals surface area contributed by atoms with Crippen molar-refractivity contribution in [1.29, 1.82) is 0 Å². The zero-order valence-electron chi connectivity index (χ0n) is 9.01. The van der Waals surface area contributed by atoms with Gasteiger partial charge in [0.1, 0.15) is 0 Å². The van der Waals surface area contributed by atoms with Gasteiger partial charge in [-0.2, -0.15) is 8.42 Å². The molecule has 4 N–H and O–H groups in total. The van der Waals surface area contributed by atoms with Crippen molar-refractivity contribution >= 4 is 27.5 Å². The van der Waals surface area contributed by atoms with Gasteiger partial charge in [-0.3, -0.25) is 9.52 Å². The fraction of sp³-hybridized carbons (Fsp3) is 0.100. The second-order valence-corrected chi connectivity index (χ2v) is 4.56. The molecule has 92 valence electrons. The SMILES string of the molecule is C=CCC(=O)Nc1cccc(NS(N)(=O)=O)c1. The second kappa shape index (κ2) is 5.46. The maximum Gasteiger partial charge on any atom is 0.296 e. The van der Waals surface area contributed by atoms with Crippen molar-refractivity contribution < 1.29 is 13.2 Å². The van der Waals surface area contributed by atoms with Gasteiger partial charge in [-0.05, 0) is 18.2 Å². The Morgan fingerprint density at radius 3 is 2.65 bits per heavy atom. The summed E-state index contributed by atoms with van der Waals surface area (Å²) in [6.07, 6.45) is 1.66. The fourth-order valence-electron chi connectivity index (χ4n) is 1.17. The van der Waals surface area contributed by atoms with Crippen molar-refractivity contribution in [3.63, 3.8) is 0 Å². The molecule has 0 atom stereocenters. The van der Waals surface area contributed by atoms with Gasteiger partial charge in [0.05, 0.1) is 5.69 Å². The van der Waals surface area contributed by atoms with Crippen LogP contribution < -0.4 is 15.2 Å². The summed E-state index contributed by atoms with van der Waals surface area (Å²) in [6, 6.07) is 6.21. The second-order valence-electron chi connectivity index (χ2n) is 3.27. The van der Waals surface area contributed by atoms with Crippen LogP contribution in [0.2, 0.25) is 0 Å². The van der Waals surface area contributed by atoms with Crippen LogP contribution in [0.1, 0.15) is 6.42 Å². The van der Waals surface area contributed by atoms with Crippen molar-refractivity contribution in [3.8, 4) is 0 Å². The molecule has 1 amide bonds. The van der Waals surface area contributed by atoms with Crippen molar-refractivity contribution in [3.05, 3.63) is 36.9 Å². The molecule has 0 aliphatic carbocycles. The van der Waals surface area contributed by atoms with E-state index in [0.29, 0.717) is 5.69 Å². The Kier molecular flexibility index (Phi) is 4.24. The molecular formula is C10H13N3O3S. The number of benzene rings is 1. The summed E-state index contributed by atoms with van der Waals surface area (Å²) in [7, 11) is -3.81. The van der Waals surface area contributed by atoms with E-state index in [1.54, 1.807) is 12.1 Å². The first-order valence-electron chi connectivity index (χ1n) is 4.72. The lowest BCUT2D eigenvalue weighted by atomic mass is 10.2. The molecule has 1 aromatic carbocycles. The summed E-state index contributed by atoms with van der Waals surface area (Å²) in [5.74, 6) is -0.229. The average Bonchev–Trinajstić information content (AvgIpc) is 2.15. The van der Waals surface area contributed by atoms with E-state index in [0.717, 1.165) is 0 Å². The first-order chi connectivity index (χ1) is 7.90. The van der Waals surface area contributed by atoms with Gasteiger partial charge in [-0.1, -0.05) is 12.1 Å². The van der Waals surface area contributed by atoms with Gasteiger partial charge < -0.3 is 5.32 Å². The zero-order chi connectivity index (χ0) is 12.9. The minimum Gasteiger partial charge on any atom is -0.326 e. The first kappa shape index (κ1) is 13.2. The van der Waals surface area contributed by atoms with Gasteiger partial charge in [0.25, 0.3) is 10.2 Å². The maximum absolute atomic E-state index is 11.3. The van der Waals surface area contributed by atoms with E-state index in [1.165, 1.54) is 18.2 Å². The van der Waals surface area contributed by atoms with Gasteiger partial charge in [-0.25, -0.2) is 5.14 Å². The summed E-state index contributed by atoms with van der Waals surface area (Å²) >= 11 is 0. The topological polar surface area (TPSA) is 101 Å². The number of carbonyl (C=O) groups is 1. The van der Waals surface area contributed by atoms with E-state index < -0.39 is 10.2 Å². The highest BCUT2D eigenvalue weighted by Crippen LogP contribution is 2.15. The molecular weight excluding hydrogens is 242 g/mol. The number of amides is 1. The Morgan fingerprint density at radius 1 is 1.41 bits per heavy atom. The Balaban J connectivity index is 2.79. The largest absolute Gasteiger partial charge is 0.326 e. The lowest BCUT2D eigenvalue weighted by Crippen LogP contribution is -2.21. The molecule has 1 aromatic rings. The van der Waals surface area contributed by atoms with Gasteiger partial charge in [0.15, 0.2) is 0 Å². The van der Waals surface area contributed by atoms with Gasteiger partial charge >= 0.3 is 0 Å². The summed E-state index contributed by atoms with van der Waals surface area (Å²) in [5.41, 5.74) is 0.759. The third-order valence-electron chi connectivity index (χ3n) is 1.74. The normalized spacial score (nSPS) is 10.6. The lowest BCUT2D eigenvalue weighted by molar-refractivity contribution is -0.115. The molecule has 0 heterocycles. The van der Waals surface area contributed by atoms with Crippen LogP contribution in [0.5, 0.6) is 0 Å². The molecule has 0 fully saturated rings. The van der Waals surface area contributed by atoms with E-state index in [1.807, 2.05) is 0 Å². The number of carbonyl (C=O) groups excluding carboxylic acids is 1. The number of anilines is 2. The smallest absolute Gasteiger partial charge is 0.296 e. The molecule has 0 aliphatic rings. The highest BCUT2D eigenvalue weighted by Gasteiger charge is 2.04. The van der Waals surface area contributed by atoms with Crippen LogP contribution in [-0.2, 0) is 15.0 Å². The van der Waals surface area contributed by atoms with Crippen LogP contribution >= 0.6 is 0 Å². The standard InChI is InChI=1S/C10H13N3O3S/c1-2-4-10(14)12-8-5-3-6-9(7-8)13-17(11,15)16/h2-3,5-7,13H,1,4H2,(H,12,14)(H2,11,15,16). The molecule has 0 aliphatic heterocycles. The number of hydrogen-bond acceptors (Lipinski definition) is 3. The summed E-state index contributed by atoms with van der Waals surface area (Å²) < 4.78 is 23.7. The summed E-state index contributed by atoms with van der Waals surface area (Å²) in [5, 5.41) is 7.41. The number of rotatable bonds is 5. The predicted molar refractivity (Wildman–Crippen MR) is 66.6 cm³/mol. The van der Waals surface area contributed by atoms with E-state index in [9.17, 15) is 13.2 Å². The Morgan fingerprint density at radius 2 is 2.06 bits per heavy atom. The monoisotopic (exact) mass is 255 g/mol. The summed E-state index contributed by atoms with van der Waals surface area (Å²) in [4.78, 5) is 11.3. The molecule has 6 nitrogen and oxygen atoms in total. The van der Waals surface area contributed by atoms with E-state index in [4.69, 9.17) is 5.14 Å². The highest BCUT2D eigenvalue weighted by atomic mass is 32.2. The van der Waals surface area contributed by atoms with Crippen molar-refractivity contribution in [2.24, 2.45) is 5.14 Å². The van der Waals surface area contributed by atoms with E-state index in [2.05, 4.69) is 16.6 Å². The Labute approximate surface area is 99.7 Å². The predicted octanol–water partition coefficient (Wildman–Crippen LogP) is 0.817. The quantitative estimate of drug-likeness (QED) is 0.679. The molecule has 7 heteroatoms. The first-order valence-corrected chi connectivity index (χ1v) is 6.27. The van der Waals surface area contributed by atoms with Crippen molar-refractivity contribution in [2.45, 2.75) is 6.42 Å².